The Balaban J connectivity index is 1.55. The molecule has 2 fully saturated rings. The highest BCUT2D eigenvalue weighted by Gasteiger charge is 2.51. The zero-order chi connectivity index (χ0) is 15.0. The summed E-state index contributed by atoms with van der Waals surface area (Å²) in [5, 5.41) is 15.8. The molecular weight excluding hydrogens is 276 g/mol. The van der Waals surface area contributed by atoms with Gasteiger partial charge in [0.15, 0.2) is 6.61 Å². The Morgan fingerprint density at radius 3 is 2.90 bits per heavy atom. The van der Waals surface area contributed by atoms with Gasteiger partial charge in [0.05, 0.1) is 5.92 Å². The van der Waals surface area contributed by atoms with Gasteiger partial charge in [0, 0.05) is 12.1 Å². The predicted octanol–water partition coefficient (Wildman–Crippen LogP) is 0.977. The average molecular weight is 294 g/mol. The lowest BCUT2D eigenvalue weighted by Crippen LogP contribution is -2.48. The molecule has 1 heterocycles. The summed E-state index contributed by atoms with van der Waals surface area (Å²) >= 11 is 0. The van der Waals surface area contributed by atoms with E-state index in [0.29, 0.717) is 5.76 Å². The Morgan fingerprint density at radius 1 is 1.48 bits per heavy atom. The number of carbonyl (C=O) groups excluding carboxylic acids is 1. The fraction of sp³-hybridized carbons (Fsp3) is 0.643. The summed E-state index contributed by atoms with van der Waals surface area (Å²) in [6.07, 6.45) is 2.83. The minimum Gasteiger partial charge on any atom is -0.481 e. The maximum atomic E-state index is 11.9. The zero-order valence-electron chi connectivity index (χ0n) is 11.7. The third-order valence-corrected chi connectivity index (χ3v) is 4.49. The van der Waals surface area contributed by atoms with E-state index in [4.69, 9.17) is 9.26 Å². The van der Waals surface area contributed by atoms with Crippen LogP contribution in [0.15, 0.2) is 10.6 Å². The van der Waals surface area contributed by atoms with Gasteiger partial charge >= 0.3 is 5.97 Å². The molecule has 7 heteroatoms. The first-order chi connectivity index (χ1) is 10.0. The number of aliphatic carboxylic acids is 1. The maximum Gasteiger partial charge on any atom is 0.308 e. The van der Waals surface area contributed by atoms with Crippen LogP contribution >= 0.6 is 0 Å². The Labute approximate surface area is 121 Å². The molecule has 1 aromatic rings. The molecule has 2 saturated carbocycles. The van der Waals surface area contributed by atoms with Crippen LogP contribution in [0.3, 0.4) is 0 Å². The molecule has 3 rings (SSSR count). The molecule has 2 N–H and O–H groups in total. The van der Waals surface area contributed by atoms with Gasteiger partial charge in [-0.15, -0.1) is 0 Å². The van der Waals surface area contributed by atoms with Crippen molar-refractivity contribution in [1.82, 2.24) is 10.5 Å². The summed E-state index contributed by atoms with van der Waals surface area (Å²) < 4.78 is 10.0. The van der Waals surface area contributed by atoms with E-state index in [1.165, 1.54) is 0 Å². The Morgan fingerprint density at radius 2 is 2.24 bits per heavy atom. The number of hydrogen-bond acceptors (Lipinski definition) is 5. The highest BCUT2D eigenvalue weighted by atomic mass is 16.5. The second-order valence-electron chi connectivity index (χ2n) is 5.86. The lowest BCUT2D eigenvalue weighted by Gasteiger charge is -2.28. The van der Waals surface area contributed by atoms with E-state index < -0.39 is 11.9 Å². The Bertz CT molecular complexity index is 555. The van der Waals surface area contributed by atoms with Crippen molar-refractivity contribution in [1.29, 1.82) is 0 Å². The Kier molecular flexibility index (Phi) is 3.57. The van der Waals surface area contributed by atoms with Gasteiger partial charge < -0.3 is 19.7 Å². The number of carboxylic acids is 1. The van der Waals surface area contributed by atoms with E-state index in [1.807, 2.05) is 0 Å². The number of amides is 1. The smallest absolute Gasteiger partial charge is 0.308 e. The van der Waals surface area contributed by atoms with Crippen LogP contribution in [0.25, 0.3) is 0 Å². The number of ether oxygens (including phenoxy) is 1. The molecule has 0 spiro atoms. The second kappa shape index (κ2) is 5.38. The van der Waals surface area contributed by atoms with Crippen molar-refractivity contribution in [2.45, 2.75) is 32.2 Å². The van der Waals surface area contributed by atoms with E-state index in [1.54, 1.807) is 13.0 Å². The molecule has 4 unspecified atom stereocenters. The Hall–Kier alpha value is -2.05. The van der Waals surface area contributed by atoms with Gasteiger partial charge in [-0.1, -0.05) is 0 Å². The van der Waals surface area contributed by atoms with Crippen LogP contribution in [-0.4, -0.2) is 34.8 Å². The number of nitrogens with zero attached hydrogens (tertiary/aromatic N) is 1. The number of nitrogens with one attached hydrogen (secondary N) is 1. The number of carbonyl (C=O) groups is 2. The van der Waals surface area contributed by atoms with Gasteiger partial charge in [-0.05, 0) is 43.2 Å². The number of carboxylic acid groups (broad SMARTS) is 1. The third-order valence-electron chi connectivity index (χ3n) is 4.49. The third kappa shape index (κ3) is 2.72. The second-order valence-corrected chi connectivity index (χ2v) is 5.86. The quantitative estimate of drug-likeness (QED) is 0.839. The van der Waals surface area contributed by atoms with Crippen LogP contribution in [0.4, 0.5) is 0 Å². The molecule has 2 aliphatic rings. The summed E-state index contributed by atoms with van der Waals surface area (Å²) in [5.41, 5.74) is 0. The first-order valence-electron chi connectivity index (χ1n) is 7.13. The molecule has 0 saturated heterocycles. The summed E-state index contributed by atoms with van der Waals surface area (Å²) in [6, 6.07) is 1.31. The minimum absolute atomic E-state index is 0.188. The van der Waals surface area contributed by atoms with Crippen LogP contribution in [0.1, 0.15) is 25.0 Å². The standard InChI is InChI=1S/C14H18N2O5/c1-7-4-11(16-21-7)20-6-10(17)15-13-9-3-2-8(5-9)12(13)14(18)19/h4,8-9,12-13H,2-3,5-6H2,1H3,(H,15,17)(H,18,19). The predicted molar refractivity (Wildman–Crippen MR) is 70.6 cm³/mol. The van der Waals surface area contributed by atoms with Crippen molar-refractivity contribution in [2.75, 3.05) is 6.61 Å². The number of hydrogen-bond donors (Lipinski definition) is 2. The molecule has 7 nitrogen and oxygen atoms in total. The topological polar surface area (TPSA) is 102 Å². The first kappa shape index (κ1) is 13.9. The highest BCUT2D eigenvalue weighted by Crippen LogP contribution is 2.48. The highest BCUT2D eigenvalue weighted by molar-refractivity contribution is 5.80. The SMILES string of the molecule is Cc1cc(OCC(=O)NC2C3CCC(C3)C2C(=O)O)no1. The monoisotopic (exact) mass is 294 g/mol. The van der Waals surface area contributed by atoms with Gasteiger partial charge in [0.2, 0.25) is 0 Å². The molecule has 2 bridgehead atoms. The van der Waals surface area contributed by atoms with Gasteiger partial charge in [-0.3, -0.25) is 9.59 Å². The zero-order valence-corrected chi connectivity index (χ0v) is 11.7. The maximum absolute atomic E-state index is 11.9. The van der Waals surface area contributed by atoms with Crippen LogP contribution in [0.2, 0.25) is 0 Å². The minimum atomic E-state index is -0.819. The number of fused-ring (bicyclic) bond motifs is 2. The van der Waals surface area contributed by atoms with Crippen LogP contribution in [-0.2, 0) is 9.59 Å². The number of rotatable bonds is 5. The van der Waals surface area contributed by atoms with Crippen molar-refractivity contribution in [3.05, 3.63) is 11.8 Å². The molecule has 4 atom stereocenters. The average Bonchev–Trinajstić information content (AvgIpc) is 3.11. The van der Waals surface area contributed by atoms with Crippen molar-refractivity contribution in [3.63, 3.8) is 0 Å². The molecule has 1 amide bonds. The van der Waals surface area contributed by atoms with E-state index in [2.05, 4.69) is 10.5 Å². The number of aryl methyl sites for hydroxylation is 1. The van der Waals surface area contributed by atoms with Gasteiger partial charge in [0.1, 0.15) is 5.76 Å². The van der Waals surface area contributed by atoms with E-state index in [0.717, 1.165) is 19.3 Å². The summed E-state index contributed by atoms with van der Waals surface area (Å²) in [6.45, 7) is 1.54. The van der Waals surface area contributed by atoms with E-state index in [9.17, 15) is 14.7 Å². The summed E-state index contributed by atoms with van der Waals surface area (Å²) in [5.74, 6) is -0.289. The summed E-state index contributed by atoms with van der Waals surface area (Å²) in [7, 11) is 0. The van der Waals surface area contributed by atoms with Gasteiger partial charge in [-0.2, -0.15) is 0 Å². The molecule has 0 aromatic carbocycles. The molecule has 0 radical (unpaired) electrons. The first-order valence-corrected chi connectivity index (χ1v) is 7.13. The van der Waals surface area contributed by atoms with Crippen LogP contribution in [0, 0.1) is 24.7 Å². The fourth-order valence-electron chi connectivity index (χ4n) is 3.63. The molecule has 21 heavy (non-hydrogen) atoms. The van der Waals surface area contributed by atoms with E-state index >= 15 is 0 Å². The van der Waals surface area contributed by atoms with Crippen molar-refractivity contribution in [3.8, 4) is 5.88 Å². The lowest BCUT2D eigenvalue weighted by atomic mass is 9.84. The van der Waals surface area contributed by atoms with Gasteiger partial charge in [0.25, 0.3) is 11.8 Å². The molecular formula is C14H18N2O5. The van der Waals surface area contributed by atoms with Crippen LogP contribution < -0.4 is 10.1 Å². The molecule has 1 aromatic heterocycles. The van der Waals surface area contributed by atoms with Crippen molar-refractivity contribution < 1.29 is 24.0 Å². The lowest BCUT2D eigenvalue weighted by molar-refractivity contribution is -0.144. The largest absolute Gasteiger partial charge is 0.481 e. The van der Waals surface area contributed by atoms with E-state index in [-0.39, 0.29) is 36.3 Å². The molecule has 114 valence electrons. The van der Waals surface area contributed by atoms with Crippen LogP contribution in [0.5, 0.6) is 5.88 Å². The molecule has 0 aliphatic heterocycles. The fourth-order valence-corrected chi connectivity index (χ4v) is 3.63. The van der Waals surface area contributed by atoms with Crippen molar-refractivity contribution >= 4 is 11.9 Å². The molecule has 2 aliphatic carbocycles. The van der Waals surface area contributed by atoms with Gasteiger partial charge in [-0.25, -0.2) is 0 Å². The number of aromatic nitrogens is 1. The van der Waals surface area contributed by atoms with Crippen molar-refractivity contribution in [2.24, 2.45) is 17.8 Å². The summed E-state index contributed by atoms with van der Waals surface area (Å²) in [4.78, 5) is 23.3. The normalized spacial score (nSPS) is 30.3.